The molecule has 1 N–H and O–H groups in total. The number of sulfonamides is 1. The van der Waals surface area contributed by atoms with E-state index in [-0.39, 0.29) is 36.3 Å². The van der Waals surface area contributed by atoms with Crippen LogP contribution in [0.2, 0.25) is 0 Å². The zero-order valence-electron chi connectivity index (χ0n) is 25.0. The second-order valence-electron chi connectivity index (χ2n) is 10.4. The lowest BCUT2D eigenvalue weighted by Gasteiger charge is -2.34. The number of carbonyl (C=O) groups excluding carboxylic acids is 2. The second kappa shape index (κ2) is 14.6. The molecule has 0 bridgehead atoms. The summed E-state index contributed by atoms with van der Waals surface area (Å²) in [4.78, 5) is 40.2. The molecule has 0 saturated carbocycles. The Hall–Kier alpha value is -4.45. The summed E-state index contributed by atoms with van der Waals surface area (Å²) in [6.45, 7) is 4.71. The van der Waals surface area contributed by atoms with Crippen molar-refractivity contribution >= 4 is 33.2 Å². The highest BCUT2D eigenvalue weighted by atomic mass is 32.2. The van der Waals surface area contributed by atoms with E-state index in [0.717, 1.165) is 22.2 Å². The lowest BCUT2D eigenvalue weighted by molar-refractivity contribution is -0.384. The van der Waals surface area contributed by atoms with Crippen molar-refractivity contribution in [1.82, 2.24) is 10.2 Å². The highest BCUT2D eigenvalue weighted by Crippen LogP contribution is 2.28. The monoisotopic (exact) mass is 610 g/mol. The lowest BCUT2D eigenvalue weighted by Crippen LogP contribution is -2.54. The van der Waals surface area contributed by atoms with Crippen molar-refractivity contribution in [2.24, 2.45) is 0 Å². The van der Waals surface area contributed by atoms with Crippen LogP contribution >= 0.6 is 0 Å². The number of non-ortho nitro benzene ring substituents is 1. The lowest BCUT2D eigenvalue weighted by atomic mass is 10.0. The number of amides is 2. The van der Waals surface area contributed by atoms with Gasteiger partial charge in [0.1, 0.15) is 18.3 Å². The van der Waals surface area contributed by atoms with E-state index in [1.807, 2.05) is 44.2 Å². The van der Waals surface area contributed by atoms with E-state index in [4.69, 9.17) is 4.74 Å². The molecule has 230 valence electrons. The highest BCUT2D eigenvalue weighted by Gasteiger charge is 2.34. The zero-order chi connectivity index (χ0) is 31.7. The highest BCUT2D eigenvalue weighted by molar-refractivity contribution is 7.92. The van der Waals surface area contributed by atoms with E-state index in [0.29, 0.717) is 23.3 Å². The molecule has 0 unspecified atom stereocenters. The summed E-state index contributed by atoms with van der Waals surface area (Å²) in [6.07, 6.45) is 1.77. The molecule has 3 aromatic rings. The number of nitro groups is 1. The summed E-state index contributed by atoms with van der Waals surface area (Å²) in [7, 11) is -2.56. The van der Waals surface area contributed by atoms with Crippen LogP contribution in [0.5, 0.6) is 5.75 Å². The first-order valence-electron chi connectivity index (χ1n) is 13.8. The molecule has 0 saturated heterocycles. The van der Waals surface area contributed by atoms with Gasteiger partial charge in [0.25, 0.3) is 5.69 Å². The summed E-state index contributed by atoms with van der Waals surface area (Å²) >= 11 is 0. The zero-order valence-corrected chi connectivity index (χ0v) is 25.8. The largest absolute Gasteiger partial charge is 0.497 e. The van der Waals surface area contributed by atoms with Gasteiger partial charge in [-0.1, -0.05) is 55.5 Å². The molecule has 0 aliphatic carbocycles. The summed E-state index contributed by atoms with van der Waals surface area (Å²) in [6, 6.07) is 18.9. The number of methoxy groups -OCH3 is 1. The number of rotatable bonds is 14. The molecule has 0 fully saturated rings. The third kappa shape index (κ3) is 9.02. The SMILES string of the molecule is CC[C@@H](C)NC(=O)[C@@H](Cc1ccccc1)N(Cc1cccc(OC)c1)C(=O)CN(c1cc([N+](=O)[O-])ccc1C)S(C)(=O)=O. The smallest absolute Gasteiger partial charge is 0.271 e. The maximum Gasteiger partial charge on any atom is 0.271 e. The van der Waals surface area contributed by atoms with Gasteiger partial charge in [-0.3, -0.25) is 24.0 Å². The molecule has 12 heteroatoms. The van der Waals surface area contributed by atoms with E-state index < -0.39 is 33.4 Å². The van der Waals surface area contributed by atoms with Gasteiger partial charge in [0.15, 0.2) is 0 Å². The van der Waals surface area contributed by atoms with Gasteiger partial charge in [-0.2, -0.15) is 0 Å². The molecule has 0 aliphatic heterocycles. The van der Waals surface area contributed by atoms with Crippen molar-refractivity contribution in [1.29, 1.82) is 0 Å². The molecule has 11 nitrogen and oxygen atoms in total. The van der Waals surface area contributed by atoms with Crippen molar-refractivity contribution in [2.45, 2.75) is 52.2 Å². The molecule has 0 spiro atoms. The van der Waals surface area contributed by atoms with Crippen molar-refractivity contribution in [2.75, 3.05) is 24.2 Å². The third-order valence-corrected chi connectivity index (χ3v) is 8.24. The molecule has 0 aliphatic rings. The van der Waals surface area contributed by atoms with Gasteiger partial charge >= 0.3 is 0 Å². The Morgan fingerprint density at radius 2 is 1.70 bits per heavy atom. The van der Waals surface area contributed by atoms with Crippen LogP contribution in [0, 0.1) is 17.0 Å². The van der Waals surface area contributed by atoms with E-state index >= 15 is 0 Å². The van der Waals surface area contributed by atoms with E-state index in [1.54, 1.807) is 31.2 Å². The predicted octanol–water partition coefficient (Wildman–Crippen LogP) is 4.23. The number of benzene rings is 3. The maximum absolute atomic E-state index is 14.2. The van der Waals surface area contributed by atoms with E-state index in [1.165, 1.54) is 24.1 Å². The van der Waals surface area contributed by atoms with Crippen LogP contribution in [0.25, 0.3) is 0 Å². The van der Waals surface area contributed by atoms with Gasteiger partial charge in [-0.25, -0.2) is 8.42 Å². The molecule has 0 radical (unpaired) electrons. The fraction of sp³-hybridized carbons (Fsp3) is 0.355. The normalized spacial score (nSPS) is 12.6. The maximum atomic E-state index is 14.2. The number of aryl methyl sites for hydroxylation is 1. The number of anilines is 1. The summed E-state index contributed by atoms with van der Waals surface area (Å²) < 4.78 is 32.3. The van der Waals surface area contributed by atoms with E-state index in [2.05, 4.69) is 5.32 Å². The van der Waals surface area contributed by atoms with Crippen LogP contribution in [0.4, 0.5) is 11.4 Å². The predicted molar refractivity (Wildman–Crippen MR) is 165 cm³/mol. The molecular formula is C31H38N4O7S. The number of hydrogen-bond donors (Lipinski definition) is 1. The van der Waals surface area contributed by atoms with Crippen LogP contribution in [0.1, 0.15) is 37.0 Å². The van der Waals surface area contributed by atoms with Crippen LogP contribution in [0.3, 0.4) is 0 Å². The average Bonchev–Trinajstić information content (AvgIpc) is 2.97. The Kier molecular flexibility index (Phi) is 11.2. The van der Waals surface area contributed by atoms with Crippen LogP contribution in [-0.2, 0) is 32.6 Å². The molecule has 2 atom stereocenters. The summed E-state index contributed by atoms with van der Waals surface area (Å²) in [5, 5.41) is 14.5. The topological polar surface area (TPSA) is 139 Å². The number of nitro benzene ring substituents is 1. The van der Waals surface area contributed by atoms with Gasteiger partial charge < -0.3 is 15.0 Å². The Labute approximate surface area is 252 Å². The Bertz CT molecular complexity index is 1550. The Balaban J connectivity index is 2.13. The van der Waals surface area contributed by atoms with Gasteiger partial charge in [0.05, 0.1) is 24.0 Å². The summed E-state index contributed by atoms with van der Waals surface area (Å²) in [5.74, 6) is -0.482. The van der Waals surface area contributed by atoms with Crippen molar-refractivity contribution in [3.05, 3.63) is 99.6 Å². The van der Waals surface area contributed by atoms with Crippen LogP contribution in [0.15, 0.2) is 72.8 Å². The number of ether oxygens (including phenoxy) is 1. The fourth-order valence-corrected chi connectivity index (χ4v) is 5.44. The minimum absolute atomic E-state index is 0.00930. The summed E-state index contributed by atoms with van der Waals surface area (Å²) in [5.41, 5.74) is 1.60. The van der Waals surface area contributed by atoms with Crippen LogP contribution in [-0.4, -0.2) is 62.0 Å². The standard InChI is InChI=1S/C31H38N4O7S/c1-6-23(3)32-31(37)29(18-24-11-8-7-9-12-24)33(20-25-13-10-14-27(17-25)42-4)30(36)21-34(43(5,40)41)28-19-26(35(38)39)16-15-22(28)2/h7-17,19,23,29H,6,18,20-21H2,1-5H3,(H,32,37)/t23-,29-/m1/s1. The number of nitrogens with one attached hydrogen (secondary N) is 1. The third-order valence-electron chi connectivity index (χ3n) is 7.11. The minimum Gasteiger partial charge on any atom is -0.497 e. The van der Waals surface area contributed by atoms with Crippen molar-refractivity contribution < 1.29 is 27.7 Å². The molecule has 2 amide bonds. The molecule has 0 aromatic heterocycles. The van der Waals surface area contributed by atoms with Crippen molar-refractivity contribution in [3.8, 4) is 5.75 Å². The van der Waals surface area contributed by atoms with Gasteiger partial charge in [-0.05, 0) is 49.1 Å². The van der Waals surface area contributed by atoms with Crippen LogP contribution < -0.4 is 14.4 Å². The quantitative estimate of drug-likeness (QED) is 0.213. The fourth-order valence-electron chi connectivity index (χ4n) is 4.54. The molecule has 3 aromatic carbocycles. The first-order chi connectivity index (χ1) is 20.3. The Morgan fingerprint density at radius 3 is 2.30 bits per heavy atom. The first-order valence-corrected chi connectivity index (χ1v) is 15.7. The van der Waals surface area contributed by atoms with E-state index in [9.17, 15) is 28.1 Å². The molecule has 3 rings (SSSR count). The van der Waals surface area contributed by atoms with Gasteiger partial charge in [0.2, 0.25) is 21.8 Å². The molecular weight excluding hydrogens is 572 g/mol. The van der Waals surface area contributed by atoms with Gasteiger partial charge in [0, 0.05) is 31.1 Å². The number of carbonyl (C=O) groups is 2. The molecule has 43 heavy (non-hydrogen) atoms. The van der Waals surface area contributed by atoms with Gasteiger partial charge in [-0.15, -0.1) is 0 Å². The minimum atomic E-state index is -4.08. The number of nitrogens with zero attached hydrogens (tertiary/aromatic N) is 3. The molecule has 0 heterocycles. The van der Waals surface area contributed by atoms with Crippen molar-refractivity contribution in [3.63, 3.8) is 0 Å². The first kappa shape index (κ1) is 33.1. The second-order valence-corrected chi connectivity index (χ2v) is 12.3. The Morgan fingerprint density at radius 1 is 1.02 bits per heavy atom. The number of hydrogen-bond acceptors (Lipinski definition) is 7. The average molecular weight is 611 g/mol.